The van der Waals surface area contributed by atoms with Gasteiger partial charge in [-0.1, -0.05) is 96.3 Å². The molecule has 0 spiro atoms. The van der Waals surface area contributed by atoms with E-state index in [2.05, 4.69) is 76.0 Å². The molecule has 0 aliphatic rings. The zero-order valence-electron chi connectivity index (χ0n) is 22.0. The van der Waals surface area contributed by atoms with Crippen LogP contribution in [-0.2, 0) is 0 Å². The molecular weight excluding hydrogens is 404 g/mol. The summed E-state index contributed by atoms with van der Waals surface area (Å²) in [6.07, 6.45) is 13.4. The molecule has 0 amide bonds. The van der Waals surface area contributed by atoms with Gasteiger partial charge in [-0.25, -0.2) is 0 Å². The van der Waals surface area contributed by atoms with Crippen LogP contribution in [-0.4, -0.2) is 6.61 Å². The third-order valence-electron chi connectivity index (χ3n) is 6.32. The molecule has 182 valence electrons. The molecule has 2 rings (SSSR count). The van der Waals surface area contributed by atoms with Gasteiger partial charge in [-0.15, -0.1) is 0 Å². The van der Waals surface area contributed by atoms with Gasteiger partial charge in [0.15, 0.2) is 0 Å². The summed E-state index contributed by atoms with van der Waals surface area (Å²) in [4.78, 5) is 0. The van der Waals surface area contributed by atoms with Crippen molar-refractivity contribution in [2.24, 2.45) is 10.2 Å². The molecule has 0 bridgehead atoms. The molecule has 3 heteroatoms. The van der Waals surface area contributed by atoms with E-state index in [0.29, 0.717) is 5.92 Å². The van der Waals surface area contributed by atoms with Crippen molar-refractivity contribution in [3.05, 3.63) is 52.6 Å². The minimum atomic E-state index is 0.360. The van der Waals surface area contributed by atoms with Crippen LogP contribution in [0.1, 0.15) is 113 Å². The molecule has 0 aromatic heterocycles. The van der Waals surface area contributed by atoms with Gasteiger partial charge in [0.05, 0.1) is 18.0 Å². The highest BCUT2D eigenvalue weighted by atomic mass is 16.5. The molecule has 0 atom stereocenters. The minimum absolute atomic E-state index is 0.360. The Balaban J connectivity index is 1.85. The topological polar surface area (TPSA) is 34.0 Å². The van der Waals surface area contributed by atoms with Gasteiger partial charge in [0.1, 0.15) is 5.75 Å². The summed E-state index contributed by atoms with van der Waals surface area (Å²) < 4.78 is 6.18. The van der Waals surface area contributed by atoms with Crippen molar-refractivity contribution in [1.29, 1.82) is 0 Å². The van der Waals surface area contributed by atoms with Gasteiger partial charge in [-0.05, 0) is 68.0 Å². The first-order valence-corrected chi connectivity index (χ1v) is 13.2. The van der Waals surface area contributed by atoms with Crippen LogP contribution in [0.25, 0.3) is 0 Å². The van der Waals surface area contributed by atoms with Crippen molar-refractivity contribution in [3.8, 4) is 5.75 Å². The van der Waals surface area contributed by atoms with Crippen LogP contribution >= 0.6 is 0 Å². The molecule has 0 aliphatic carbocycles. The molecule has 0 unspecified atom stereocenters. The lowest BCUT2D eigenvalue weighted by molar-refractivity contribution is 0.302. The first kappa shape index (κ1) is 27.1. The summed E-state index contributed by atoms with van der Waals surface area (Å²) in [7, 11) is 0. The molecule has 0 fully saturated rings. The van der Waals surface area contributed by atoms with Gasteiger partial charge in [0.25, 0.3) is 0 Å². The fourth-order valence-electron chi connectivity index (χ4n) is 4.19. The third kappa shape index (κ3) is 9.70. The van der Waals surface area contributed by atoms with E-state index in [1.165, 1.54) is 68.9 Å². The van der Waals surface area contributed by atoms with Crippen LogP contribution in [0, 0.1) is 20.8 Å². The maximum Gasteiger partial charge on any atom is 0.122 e. The highest BCUT2D eigenvalue weighted by Gasteiger charge is 2.12. The average Bonchev–Trinajstić information content (AvgIpc) is 2.77. The Bertz CT molecular complexity index is 870. The van der Waals surface area contributed by atoms with E-state index in [0.717, 1.165) is 41.3 Å². The molecule has 0 N–H and O–H groups in total. The lowest BCUT2D eigenvalue weighted by atomic mass is 9.99. The zero-order valence-corrected chi connectivity index (χ0v) is 22.0. The van der Waals surface area contributed by atoms with Gasteiger partial charge >= 0.3 is 0 Å². The molecular formula is C30H46N2O. The summed E-state index contributed by atoms with van der Waals surface area (Å²) in [5.74, 6) is 1.35. The van der Waals surface area contributed by atoms with Gasteiger partial charge < -0.3 is 4.74 Å². The molecule has 33 heavy (non-hydrogen) atoms. The molecule has 0 saturated carbocycles. The number of ether oxygens (including phenoxy) is 1. The monoisotopic (exact) mass is 450 g/mol. The first-order valence-electron chi connectivity index (χ1n) is 13.2. The van der Waals surface area contributed by atoms with Crippen LogP contribution in [0.3, 0.4) is 0 Å². The standard InChI is InChI=1S/C30H46N2O/c1-7-8-9-10-11-12-13-14-15-16-19-33-30-22-27(23(2)3)29(21-26(30)6)32-31-28-18-17-24(4)20-25(28)5/h17-18,20-23H,7-16,19H2,1-6H3/b32-31+. The number of unbranched alkanes of at least 4 members (excludes halogenated alkanes) is 9. The van der Waals surface area contributed by atoms with E-state index in [1.54, 1.807) is 0 Å². The summed E-state index contributed by atoms with van der Waals surface area (Å²) >= 11 is 0. The van der Waals surface area contributed by atoms with E-state index in [-0.39, 0.29) is 0 Å². The summed E-state index contributed by atoms with van der Waals surface area (Å²) in [6.45, 7) is 13.8. The first-order chi connectivity index (χ1) is 15.9. The minimum Gasteiger partial charge on any atom is -0.493 e. The number of azo groups is 1. The van der Waals surface area contributed by atoms with Crippen LogP contribution in [0.2, 0.25) is 0 Å². The highest BCUT2D eigenvalue weighted by molar-refractivity contribution is 5.55. The summed E-state index contributed by atoms with van der Waals surface area (Å²) in [5.41, 5.74) is 6.57. The normalized spacial score (nSPS) is 11.6. The largest absolute Gasteiger partial charge is 0.493 e. The molecule has 3 nitrogen and oxygen atoms in total. The van der Waals surface area contributed by atoms with E-state index in [9.17, 15) is 0 Å². The lowest BCUT2D eigenvalue weighted by Crippen LogP contribution is -2.00. The Kier molecular flexibility index (Phi) is 12.2. The Hall–Kier alpha value is -2.16. The SMILES string of the molecule is CCCCCCCCCCCCOc1cc(C(C)C)c(/N=N/c2ccc(C)cc2C)cc1C. The second-order valence-corrected chi connectivity index (χ2v) is 9.85. The fourth-order valence-corrected chi connectivity index (χ4v) is 4.19. The Labute approximate surface area is 203 Å². The Morgan fingerprint density at radius 2 is 1.30 bits per heavy atom. The number of hydrogen-bond acceptors (Lipinski definition) is 3. The maximum atomic E-state index is 6.18. The summed E-state index contributed by atoms with van der Waals surface area (Å²) in [5, 5.41) is 9.17. The number of benzene rings is 2. The van der Waals surface area contributed by atoms with E-state index < -0.39 is 0 Å². The third-order valence-corrected chi connectivity index (χ3v) is 6.32. The van der Waals surface area contributed by atoms with Gasteiger partial charge in [-0.3, -0.25) is 0 Å². The van der Waals surface area contributed by atoms with Gasteiger partial charge in [0, 0.05) is 0 Å². The van der Waals surface area contributed by atoms with E-state index >= 15 is 0 Å². The van der Waals surface area contributed by atoms with Crippen molar-refractivity contribution >= 4 is 11.4 Å². The maximum absolute atomic E-state index is 6.18. The predicted octanol–water partition coefficient (Wildman–Crippen LogP) is 10.5. The van der Waals surface area contributed by atoms with Crippen LogP contribution in [0.5, 0.6) is 5.75 Å². The predicted molar refractivity (Wildman–Crippen MR) is 143 cm³/mol. The molecule has 0 aliphatic heterocycles. The smallest absolute Gasteiger partial charge is 0.122 e. The van der Waals surface area contributed by atoms with E-state index in [4.69, 9.17) is 4.74 Å². The number of rotatable bonds is 15. The Morgan fingerprint density at radius 1 is 0.697 bits per heavy atom. The fraction of sp³-hybridized carbons (Fsp3) is 0.600. The average molecular weight is 451 g/mol. The second kappa shape index (κ2) is 14.9. The van der Waals surface area contributed by atoms with Crippen LogP contribution in [0.4, 0.5) is 11.4 Å². The number of hydrogen-bond donors (Lipinski definition) is 0. The molecule has 0 radical (unpaired) electrons. The van der Waals surface area contributed by atoms with Crippen LogP contribution in [0.15, 0.2) is 40.6 Å². The van der Waals surface area contributed by atoms with Gasteiger partial charge in [-0.2, -0.15) is 10.2 Å². The number of aryl methyl sites for hydroxylation is 3. The van der Waals surface area contributed by atoms with Crippen molar-refractivity contribution in [2.45, 2.75) is 112 Å². The van der Waals surface area contributed by atoms with Gasteiger partial charge in [0.2, 0.25) is 0 Å². The zero-order chi connectivity index (χ0) is 24.1. The summed E-state index contributed by atoms with van der Waals surface area (Å²) in [6, 6.07) is 10.6. The second-order valence-electron chi connectivity index (χ2n) is 9.85. The van der Waals surface area contributed by atoms with Crippen LogP contribution < -0.4 is 4.74 Å². The van der Waals surface area contributed by atoms with Crippen molar-refractivity contribution < 1.29 is 4.74 Å². The van der Waals surface area contributed by atoms with Crippen molar-refractivity contribution in [2.75, 3.05) is 6.61 Å². The highest BCUT2D eigenvalue weighted by Crippen LogP contribution is 2.35. The lowest BCUT2D eigenvalue weighted by Gasteiger charge is -2.15. The van der Waals surface area contributed by atoms with Crippen molar-refractivity contribution in [1.82, 2.24) is 0 Å². The molecule has 0 saturated heterocycles. The quantitative estimate of drug-likeness (QED) is 0.196. The van der Waals surface area contributed by atoms with E-state index in [1.807, 2.05) is 6.07 Å². The number of nitrogens with zero attached hydrogens (tertiary/aromatic N) is 2. The van der Waals surface area contributed by atoms with Crippen molar-refractivity contribution in [3.63, 3.8) is 0 Å². The molecule has 2 aromatic carbocycles. The molecule has 0 heterocycles. The molecule has 2 aromatic rings. The Morgan fingerprint density at radius 3 is 1.91 bits per heavy atom.